The highest BCUT2D eigenvalue weighted by atomic mass is 19.3. The molecule has 1 atom stereocenters. The maximum Gasteiger partial charge on any atom is 0.251 e. The fourth-order valence-electron chi connectivity index (χ4n) is 1.41. The van der Waals surface area contributed by atoms with E-state index in [0.29, 0.717) is 19.0 Å². The molecule has 0 saturated carbocycles. The Balaban J connectivity index is 3.60. The van der Waals surface area contributed by atoms with Gasteiger partial charge in [0.25, 0.3) is 6.43 Å². The first-order valence-electron chi connectivity index (χ1n) is 5.30. The molecule has 0 amide bonds. The average Bonchev–Trinajstić information content (AvgIpc) is 2.12. The lowest BCUT2D eigenvalue weighted by atomic mass is 10.0. The molecule has 0 rings (SSSR count). The van der Waals surface area contributed by atoms with Gasteiger partial charge in [0.15, 0.2) is 0 Å². The zero-order valence-electron chi connectivity index (χ0n) is 9.18. The van der Waals surface area contributed by atoms with E-state index in [1.807, 2.05) is 6.92 Å². The van der Waals surface area contributed by atoms with Gasteiger partial charge in [-0.2, -0.15) is 0 Å². The summed E-state index contributed by atoms with van der Waals surface area (Å²) < 4.78 is 24.2. The summed E-state index contributed by atoms with van der Waals surface area (Å²) in [6, 6.07) is 0. The molecule has 0 fully saturated rings. The predicted octanol–water partition coefficient (Wildman–Crippen LogP) is 1.95. The smallest absolute Gasteiger partial charge is 0.251 e. The molecular formula is C10H22F2N2. The summed E-state index contributed by atoms with van der Waals surface area (Å²) in [5, 5.41) is 0. The van der Waals surface area contributed by atoms with E-state index in [0.717, 1.165) is 19.4 Å². The van der Waals surface area contributed by atoms with Gasteiger partial charge in [-0.1, -0.05) is 13.8 Å². The van der Waals surface area contributed by atoms with E-state index in [4.69, 9.17) is 5.73 Å². The number of hydrogen-bond donors (Lipinski definition) is 1. The van der Waals surface area contributed by atoms with Gasteiger partial charge in [-0.25, -0.2) is 8.78 Å². The Labute approximate surface area is 85.5 Å². The first kappa shape index (κ1) is 13.8. The molecule has 0 saturated heterocycles. The highest BCUT2D eigenvalue weighted by Gasteiger charge is 2.11. The monoisotopic (exact) mass is 208 g/mol. The molecule has 0 spiro atoms. The van der Waals surface area contributed by atoms with Crippen LogP contribution in [0.4, 0.5) is 8.78 Å². The minimum atomic E-state index is -2.22. The molecule has 86 valence electrons. The second-order valence-electron chi connectivity index (χ2n) is 3.76. The second kappa shape index (κ2) is 8.12. The van der Waals surface area contributed by atoms with Crippen molar-refractivity contribution in [1.82, 2.24) is 4.90 Å². The Kier molecular flexibility index (Phi) is 7.99. The molecule has 2 nitrogen and oxygen atoms in total. The van der Waals surface area contributed by atoms with Crippen LogP contribution >= 0.6 is 0 Å². The predicted molar refractivity (Wildman–Crippen MR) is 55.6 cm³/mol. The van der Waals surface area contributed by atoms with E-state index >= 15 is 0 Å². The molecule has 14 heavy (non-hydrogen) atoms. The van der Waals surface area contributed by atoms with Crippen molar-refractivity contribution in [3.8, 4) is 0 Å². The maximum absolute atomic E-state index is 12.1. The molecule has 0 aromatic carbocycles. The van der Waals surface area contributed by atoms with Crippen LogP contribution in [0.15, 0.2) is 0 Å². The summed E-state index contributed by atoms with van der Waals surface area (Å²) in [6.45, 7) is 6.05. The number of nitrogens with two attached hydrogens (primary N) is 1. The summed E-state index contributed by atoms with van der Waals surface area (Å²) in [4.78, 5) is 1.79. The maximum atomic E-state index is 12.1. The van der Waals surface area contributed by atoms with E-state index in [2.05, 4.69) is 6.92 Å². The Morgan fingerprint density at radius 1 is 1.29 bits per heavy atom. The Bertz CT molecular complexity index is 131. The van der Waals surface area contributed by atoms with Gasteiger partial charge in [-0.3, -0.25) is 4.90 Å². The Morgan fingerprint density at radius 3 is 2.36 bits per heavy atom. The van der Waals surface area contributed by atoms with Crippen molar-refractivity contribution in [2.45, 2.75) is 33.1 Å². The van der Waals surface area contributed by atoms with Crippen LogP contribution < -0.4 is 5.73 Å². The normalized spacial score (nSPS) is 13.9. The summed E-state index contributed by atoms with van der Waals surface area (Å²) in [5.41, 5.74) is 5.42. The van der Waals surface area contributed by atoms with Gasteiger partial charge in [-0.05, 0) is 38.4 Å². The minimum Gasteiger partial charge on any atom is -0.330 e. The number of rotatable bonds is 8. The van der Waals surface area contributed by atoms with Gasteiger partial charge < -0.3 is 5.73 Å². The molecule has 0 aliphatic heterocycles. The largest absolute Gasteiger partial charge is 0.330 e. The van der Waals surface area contributed by atoms with Gasteiger partial charge in [0, 0.05) is 0 Å². The van der Waals surface area contributed by atoms with Crippen LogP contribution in [0.25, 0.3) is 0 Å². The Morgan fingerprint density at radius 2 is 1.93 bits per heavy atom. The van der Waals surface area contributed by atoms with Gasteiger partial charge in [0.05, 0.1) is 6.54 Å². The first-order valence-corrected chi connectivity index (χ1v) is 5.30. The van der Waals surface area contributed by atoms with Gasteiger partial charge in [0.2, 0.25) is 0 Å². The molecular weight excluding hydrogens is 186 g/mol. The van der Waals surface area contributed by atoms with Crippen molar-refractivity contribution in [2.24, 2.45) is 11.7 Å². The number of nitrogens with zero attached hydrogens (tertiary/aromatic N) is 1. The van der Waals surface area contributed by atoms with Gasteiger partial charge >= 0.3 is 0 Å². The van der Waals surface area contributed by atoms with Crippen molar-refractivity contribution < 1.29 is 8.78 Å². The zero-order valence-corrected chi connectivity index (χ0v) is 9.18. The minimum absolute atomic E-state index is 0.105. The summed E-state index contributed by atoms with van der Waals surface area (Å²) >= 11 is 0. The molecule has 0 aromatic rings. The first-order chi connectivity index (χ1) is 6.60. The molecule has 0 aromatic heterocycles. The van der Waals surface area contributed by atoms with E-state index in [1.165, 1.54) is 0 Å². The Hall–Kier alpha value is -0.220. The van der Waals surface area contributed by atoms with E-state index in [9.17, 15) is 8.78 Å². The lowest BCUT2D eigenvalue weighted by Gasteiger charge is -2.21. The molecule has 1 unspecified atom stereocenters. The van der Waals surface area contributed by atoms with E-state index in [-0.39, 0.29) is 6.54 Å². The van der Waals surface area contributed by atoms with Gasteiger partial charge in [0.1, 0.15) is 0 Å². The SMILES string of the molecule is CCN(CCC(C)CCN)CC(F)F. The molecule has 2 N–H and O–H groups in total. The van der Waals surface area contributed by atoms with Crippen LogP contribution in [0.3, 0.4) is 0 Å². The molecule has 0 bridgehead atoms. The molecule has 4 heteroatoms. The summed E-state index contributed by atoms with van der Waals surface area (Å²) in [5.74, 6) is 0.534. The third-order valence-electron chi connectivity index (χ3n) is 2.44. The third kappa shape index (κ3) is 7.21. The molecule has 0 heterocycles. The van der Waals surface area contributed by atoms with Crippen LogP contribution in [0.1, 0.15) is 26.7 Å². The number of halogens is 2. The number of hydrogen-bond acceptors (Lipinski definition) is 2. The van der Waals surface area contributed by atoms with E-state index in [1.54, 1.807) is 4.90 Å². The lowest BCUT2D eigenvalue weighted by molar-refractivity contribution is 0.0880. The molecule has 0 radical (unpaired) electrons. The summed E-state index contributed by atoms with van der Waals surface area (Å²) in [7, 11) is 0. The third-order valence-corrected chi connectivity index (χ3v) is 2.44. The van der Waals surface area contributed by atoms with Crippen LogP contribution in [0.5, 0.6) is 0 Å². The fraction of sp³-hybridized carbons (Fsp3) is 1.00. The van der Waals surface area contributed by atoms with Crippen molar-refractivity contribution in [3.63, 3.8) is 0 Å². The highest BCUT2D eigenvalue weighted by Crippen LogP contribution is 2.08. The summed E-state index contributed by atoms with van der Waals surface area (Å²) in [6.07, 6.45) is -0.288. The van der Waals surface area contributed by atoms with E-state index < -0.39 is 6.43 Å². The zero-order chi connectivity index (χ0) is 11.0. The lowest BCUT2D eigenvalue weighted by Crippen LogP contribution is -2.30. The van der Waals surface area contributed by atoms with Crippen LogP contribution in [-0.2, 0) is 0 Å². The molecule has 0 aliphatic carbocycles. The second-order valence-corrected chi connectivity index (χ2v) is 3.76. The number of alkyl halides is 2. The van der Waals surface area contributed by atoms with Crippen LogP contribution in [0.2, 0.25) is 0 Å². The van der Waals surface area contributed by atoms with Crippen molar-refractivity contribution in [3.05, 3.63) is 0 Å². The molecule has 0 aliphatic rings. The van der Waals surface area contributed by atoms with Crippen molar-refractivity contribution >= 4 is 0 Å². The quantitative estimate of drug-likeness (QED) is 0.660. The van der Waals surface area contributed by atoms with Crippen LogP contribution in [-0.4, -0.2) is 37.5 Å². The fourth-order valence-corrected chi connectivity index (χ4v) is 1.41. The van der Waals surface area contributed by atoms with Crippen molar-refractivity contribution in [2.75, 3.05) is 26.2 Å². The average molecular weight is 208 g/mol. The van der Waals surface area contributed by atoms with Gasteiger partial charge in [-0.15, -0.1) is 0 Å². The standard InChI is InChI=1S/C10H22F2N2/c1-3-14(8-10(11)12)7-5-9(2)4-6-13/h9-10H,3-8,13H2,1-2H3. The van der Waals surface area contributed by atoms with Crippen molar-refractivity contribution in [1.29, 1.82) is 0 Å². The highest BCUT2D eigenvalue weighted by molar-refractivity contribution is 4.61. The van der Waals surface area contributed by atoms with Crippen LogP contribution in [0, 0.1) is 5.92 Å². The topological polar surface area (TPSA) is 29.3 Å².